The molecule has 0 atom stereocenters. The lowest BCUT2D eigenvalue weighted by atomic mass is 10.2. The topological polar surface area (TPSA) is 92.2 Å². The first-order valence-electron chi connectivity index (χ1n) is 7.62. The Balaban J connectivity index is 1.75. The number of thioether (sulfide) groups is 1. The molecule has 7 nitrogen and oxygen atoms in total. The number of para-hydroxylation sites is 1. The smallest absolute Gasteiger partial charge is 0.252 e. The molecule has 0 fully saturated rings. The van der Waals surface area contributed by atoms with Gasteiger partial charge in [-0.2, -0.15) is 0 Å². The fourth-order valence-electron chi connectivity index (χ4n) is 2.35. The van der Waals surface area contributed by atoms with Crippen molar-refractivity contribution in [2.24, 2.45) is 0 Å². The van der Waals surface area contributed by atoms with Gasteiger partial charge in [-0.05, 0) is 18.6 Å². The van der Waals surface area contributed by atoms with Crippen LogP contribution in [0.15, 0.2) is 46.3 Å². The van der Waals surface area contributed by atoms with Gasteiger partial charge in [-0.25, -0.2) is 0 Å². The van der Waals surface area contributed by atoms with E-state index in [2.05, 4.69) is 20.5 Å². The Kier molecular flexibility index (Phi) is 4.95. The quantitative estimate of drug-likeness (QED) is 0.669. The van der Waals surface area contributed by atoms with Crippen LogP contribution < -0.4 is 10.9 Å². The van der Waals surface area contributed by atoms with Crippen molar-refractivity contribution >= 4 is 29.1 Å². The normalized spacial score (nSPS) is 10.9. The third kappa shape index (κ3) is 3.65. The zero-order valence-electron chi connectivity index (χ0n) is 13.2. The van der Waals surface area contributed by atoms with Gasteiger partial charge in [0.05, 0.1) is 5.75 Å². The van der Waals surface area contributed by atoms with E-state index in [1.54, 1.807) is 10.5 Å². The van der Waals surface area contributed by atoms with Crippen LogP contribution >= 0.6 is 11.8 Å². The summed E-state index contributed by atoms with van der Waals surface area (Å²) in [7, 11) is 0. The minimum atomic E-state index is -0.197. The highest BCUT2D eigenvalue weighted by atomic mass is 32.2. The van der Waals surface area contributed by atoms with Gasteiger partial charge in [0.25, 0.3) is 5.56 Å². The maximum atomic E-state index is 12.1. The van der Waals surface area contributed by atoms with Gasteiger partial charge in [-0.1, -0.05) is 43.3 Å². The van der Waals surface area contributed by atoms with E-state index in [1.807, 2.05) is 37.3 Å². The number of carbonyl (C=O) groups excluding carboxylic acids is 1. The molecule has 1 aromatic carbocycles. The minimum Gasteiger partial charge on any atom is -0.325 e. The van der Waals surface area contributed by atoms with E-state index in [9.17, 15) is 9.59 Å². The molecule has 0 spiro atoms. The fourth-order valence-corrected chi connectivity index (χ4v) is 3.12. The first-order valence-corrected chi connectivity index (χ1v) is 8.61. The highest BCUT2D eigenvalue weighted by molar-refractivity contribution is 7.99. The standard InChI is InChI=1S/C16H17N5O2S/c1-2-6-12-9-13(22)18-15-19-20-16(21(12)15)24-10-14(23)17-11-7-4-3-5-8-11/h3-5,7-9H,2,6,10H2,1H3,(H,17,23)(H,18,19,22). The van der Waals surface area contributed by atoms with Crippen LogP contribution in [0.4, 0.5) is 5.69 Å². The molecular formula is C16H17N5O2S. The molecule has 0 saturated heterocycles. The predicted octanol–water partition coefficient (Wildman–Crippen LogP) is 2.10. The summed E-state index contributed by atoms with van der Waals surface area (Å²) in [6.45, 7) is 2.04. The number of amides is 1. The molecule has 24 heavy (non-hydrogen) atoms. The lowest BCUT2D eigenvalue weighted by molar-refractivity contribution is -0.113. The van der Waals surface area contributed by atoms with Crippen LogP contribution in [0.1, 0.15) is 19.0 Å². The average molecular weight is 343 g/mol. The van der Waals surface area contributed by atoms with Crippen LogP contribution in [0, 0.1) is 0 Å². The van der Waals surface area contributed by atoms with Gasteiger partial charge in [-0.3, -0.25) is 19.0 Å². The number of hydrogen-bond donors (Lipinski definition) is 2. The van der Waals surface area contributed by atoms with Gasteiger partial charge in [0, 0.05) is 17.4 Å². The Hall–Kier alpha value is -2.61. The van der Waals surface area contributed by atoms with E-state index in [0.717, 1.165) is 24.2 Å². The fraction of sp³-hybridized carbons (Fsp3) is 0.250. The molecule has 0 bridgehead atoms. The van der Waals surface area contributed by atoms with Crippen molar-refractivity contribution in [2.45, 2.75) is 24.9 Å². The zero-order valence-corrected chi connectivity index (χ0v) is 14.0. The molecule has 0 saturated carbocycles. The van der Waals surface area contributed by atoms with Crippen molar-refractivity contribution < 1.29 is 4.79 Å². The maximum Gasteiger partial charge on any atom is 0.252 e. The van der Waals surface area contributed by atoms with Crippen molar-refractivity contribution in [1.29, 1.82) is 0 Å². The summed E-state index contributed by atoms with van der Waals surface area (Å²) in [5.74, 6) is 0.488. The minimum absolute atomic E-state index is 0.121. The van der Waals surface area contributed by atoms with Crippen molar-refractivity contribution in [3.63, 3.8) is 0 Å². The number of aryl methyl sites for hydroxylation is 1. The first-order chi connectivity index (χ1) is 11.7. The van der Waals surface area contributed by atoms with E-state index in [1.165, 1.54) is 11.8 Å². The second-order valence-electron chi connectivity index (χ2n) is 5.22. The third-order valence-corrected chi connectivity index (χ3v) is 4.28. The van der Waals surface area contributed by atoms with Crippen LogP contribution in [0.5, 0.6) is 0 Å². The molecule has 3 rings (SSSR count). The molecule has 124 valence electrons. The Labute approximate surface area is 142 Å². The monoisotopic (exact) mass is 343 g/mol. The predicted molar refractivity (Wildman–Crippen MR) is 93.4 cm³/mol. The number of fused-ring (bicyclic) bond motifs is 1. The lowest BCUT2D eigenvalue weighted by Gasteiger charge is -2.06. The van der Waals surface area contributed by atoms with Crippen molar-refractivity contribution in [3.8, 4) is 0 Å². The Morgan fingerprint density at radius 2 is 2.08 bits per heavy atom. The van der Waals surface area contributed by atoms with Crippen LogP contribution in [0.25, 0.3) is 5.78 Å². The van der Waals surface area contributed by atoms with E-state index in [-0.39, 0.29) is 17.2 Å². The van der Waals surface area contributed by atoms with Crippen LogP contribution in [-0.2, 0) is 11.2 Å². The number of hydrogen-bond acceptors (Lipinski definition) is 5. The summed E-state index contributed by atoms with van der Waals surface area (Å²) in [5, 5.41) is 11.5. The van der Waals surface area contributed by atoms with Crippen LogP contribution in [0.2, 0.25) is 0 Å². The highest BCUT2D eigenvalue weighted by Gasteiger charge is 2.13. The molecule has 0 aliphatic carbocycles. The molecule has 8 heteroatoms. The van der Waals surface area contributed by atoms with E-state index in [4.69, 9.17) is 0 Å². The number of H-pyrrole nitrogens is 1. The van der Waals surface area contributed by atoms with Crippen molar-refractivity contribution in [2.75, 3.05) is 11.1 Å². The number of nitrogens with one attached hydrogen (secondary N) is 2. The Bertz CT molecular complexity index is 904. The van der Waals surface area contributed by atoms with Crippen LogP contribution in [0.3, 0.4) is 0 Å². The van der Waals surface area contributed by atoms with Gasteiger partial charge in [-0.15, -0.1) is 10.2 Å². The summed E-state index contributed by atoms with van der Waals surface area (Å²) < 4.78 is 1.80. The van der Waals surface area contributed by atoms with Gasteiger partial charge in [0.1, 0.15) is 0 Å². The van der Waals surface area contributed by atoms with E-state index < -0.39 is 0 Å². The molecule has 0 unspecified atom stereocenters. The van der Waals surface area contributed by atoms with Crippen molar-refractivity contribution in [3.05, 3.63) is 52.4 Å². The Morgan fingerprint density at radius 3 is 2.83 bits per heavy atom. The molecule has 0 radical (unpaired) electrons. The molecule has 0 aliphatic rings. The van der Waals surface area contributed by atoms with Gasteiger partial charge >= 0.3 is 0 Å². The molecule has 2 N–H and O–H groups in total. The summed E-state index contributed by atoms with van der Waals surface area (Å²) in [6, 6.07) is 10.8. The number of aromatic amines is 1. The third-order valence-electron chi connectivity index (χ3n) is 3.35. The van der Waals surface area contributed by atoms with Gasteiger partial charge in [0.15, 0.2) is 5.16 Å². The largest absolute Gasteiger partial charge is 0.325 e. The van der Waals surface area contributed by atoms with Crippen molar-refractivity contribution in [1.82, 2.24) is 19.6 Å². The summed E-state index contributed by atoms with van der Waals surface area (Å²) in [4.78, 5) is 26.4. The van der Waals surface area contributed by atoms with E-state index in [0.29, 0.717) is 10.9 Å². The van der Waals surface area contributed by atoms with Crippen LogP contribution in [-0.4, -0.2) is 31.2 Å². The maximum absolute atomic E-state index is 12.1. The average Bonchev–Trinajstić information content (AvgIpc) is 2.97. The number of carbonyl (C=O) groups is 1. The molecule has 2 aromatic heterocycles. The Morgan fingerprint density at radius 1 is 1.29 bits per heavy atom. The van der Waals surface area contributed by atoms with Gasteiger partial charge in [0.2, 0.25) is 11.7 Å². The number of rotatable bonds is 6. The SMILES string of the molecule is CCCc1cc(=O)[nH]c2nnc(SCC(=O)Nc3ccccc3)n12. The molecular weight excluding hydrogens is 326 g/mol. The summed E-state index contributed by atoms with van der Waals surface area (Å²) in [5.41, 5.74) is 1.40. The first kappa shape index (κ1) is 16.3. The summed E-state index contributed by atoms with van der Waals surface area (Å²) >= 11 is 1.29. The number of benzene rings is 1. The highest BCUT2D eigenvalue weighted by Crippen LogP contribution is 2.18. The molecule has 1 amide bonds. The molecule has 2 heterocycles. The number of nitrogens with zero attached hydrogens (tertiary/aromatic N) is 3. The number of anilines is 1. The molecule has 3 aromatic rings. The second kappa shape index (κ2) is 7.31. The number of aromatic nitrogens is 4. The lowest BCUT2D eigenvalue weighted by Crippen LogP contribution is -2.15. The summed E-state index contributed by atoms with van der Waals surface area (Å²) in [6.07, 6.45) is 1.64. The van der Waals surface area contributed by atoms with E-state index >= 15 is 0 Å². The molecule has 0 aliphatic heterocycles. The zero-order chi connectivity index (χ0) is 16.9. The second-order valence-corrected chi connectivity index (χ2v) is 6.16. The van der Waals surface area contributed by atoms with Gasteiger partial charge < -0.3 is 5.32 Å².